The van der Waals surface area contributed by atoms with E-state index in [1.165, 1.54) is 6.07 Å². The van der Waals surface area contributed by atoms with E-state index in [0.29, 0.717) is 5.69 Å². The van der Waals surface area contributed by atoms with Crippen molar-refractivity contribution in [2.45, 2.75) is 19.8 Å². The van der Waals surface area contributed by atoms with Gasteiger partial charge in [0.05, 0.1) is 0 Å². The molecule has 21 heavy (non-hydrogen) atoms. The number of benzene rings is 1. The van der Waals surface area contributed by atoms with Crippen LogP contribution in [0.2, 0.25) is 0 Å². The minimum absolute atomic E-state index is 0.0571. The molecule has 7 heteroatoms. The Morgan fingerprint density at radius 3 is 2.62 bits per heavy atom. The molecule has 0 spiro atoms. The van der Waals surface area contributed by atoms with E-state index in [1.54, 1.807) is 6.92 Å². The predicted molar refractivity (Wildman–Crippen MR) is 70.9 cm³/mol. The van der Waals surface area contributed by atoms with Crippen LogP contribution in [-0.2, 0) is 11.2 Å². The van der Waals surface area contributed by atoms with Crippen LogP contribution in [0.15, 0.2) is 23.0 Å². The van der Waals surface area contributed by atoms with Crippen LogP contribution in [0, 0.1) is 18.6 Å². The van der Waals surface area contributed by atoms with Crippen molar-refractivity contribution >= 4 is 5.97 Å². The molecule has 0 aliphatic carbocycles. The first-order valence-electron chi connectivity index (χ1n) is 6.15. The molecule has 0 bridgehead atoms. The average Bonchev–Trinajstić information content (AvgIpc) is 2.40. The molecule has 110 valence electrons. The van der Waals surface area contributed by atoms with Gasteiger partial charge in [-0.2, -0.15) is 0 Å². The zero-order valence-corrected chi connectivity index (χ0v) is 11.1. The Balaban J connectivity index is 2.41. The molecule has 1 aromatic carbocycles. The number of H-pyrrole nitrogens is 1. The Morgan fingerprint density at radius 1 is 1.33 bits per heavy atom. The summed E-state index contributed by atoms with van der Waals surface area (Å²) in [4.78, 5) is 29.1. The van der Waals surface area contributed by atoms with Crippen LogP contribution in [0.25, 0.3) is 11.4 Å². The van der Waals surface area contributed by atoms with Gasteiger partial charge in [-0.15, -0.1) is 0 Å². The number of carbonyl (C=O) groups is 1. The maximum absolute atomic E-state index is 13.2. The highest BCUT2D eigenvalue weighted by Crippen LogP contribution is 2.18. The van der Waals surface area contributed by atoms with Crippen molar-refractivity contribution < 1.29 is 18.7 Å². The molecule has 0 saturated carbocycles. The van der Waals surface area contributed by atoms with Gasteiger partial charge in [-0.3, -0.25) is 9.59 Å². The van der Waals surface area contributed by atoms with Crippen molar-refractivity contribution in [2.24, 2.45) is 0 Å². The summed E-state index contributed by atoms with van der Waals surface area (Å²) in [5.74, 6) is -2.94. The third kappa shape index (κ3) is 3.31. The molecule has 0 aliphatic heterocycles. The van der Waals surface area contributed by atoms with E-state index in [9.17, 15) is 18.4 Å². The highest BCUT2D eigenvalue weighted by molar-refractivity contribution is 5.67. The Labute approximate surface area is 118 Å². The molecule has 0 radical (unpaired) electrons. The van der Waals surface area contributed by atoms with Gasteiger partial charge < -0.3 is 10.1 Å². The number of hydrogen-bond acceptors (Lipinski definition) is 3. The number of aromatic amines is 1. The summed E-state index contributed by atoms with van der Waals surface area (Å²) in [6.07, 6.45) is -0.127. The lowest BCUT2D eigenvalue weighted by atomic mass is 10.1. The monoisotopic (exact) mass is 294 g/mol. The van der Waals surface area contributed by atoms with E-state index in [1.807, 2.05) is 0 Å². The molecule has 0 atom stereocenters. The highest BCUT2D eigenvalue weighted by Gasteiger charge is 2.12. The van der Waals surface area contributed by atoms with Gasteiger partial charge in [0.2, 0.25) is 0 Å². The van der Waals surface area contributed by atoms with Crippen LogP contribution >= 0.6 is 0 Å². The molecule has 5 nitrogen and oxygen atoms in total. The number of halogens is 2. The zero-order valence-electron chi connectivity index (χ0n) is 11.1. The molecule has 1 heterocycles. The molecule has 0 fully saturated rings. The first-order valence-corrected chi connectivity index (χ1v) is 6.15. The number of nitrogens with zero attached hydrogens (tertiary/aromatic N) is 1. The smallest absolute Gasteiger partial charge is 0.303 e. The van der Waals surface area contributed by atoms with E-state index in [2.05, 4.69) is 9.97 Å². The van der Waals surface area contributed by atoms with Crippen LogP contribution in [0.4, 0.5) is 8.78 Å². The van der Waals surface area contributed by atoms with Crippen LogP contribution in [0.1, 0.15) is 17.7 Å². The second-order valence-electron chi connectivity index (χ2n) is 4.50. The molecule has 2 N–H and O–H groups in total. The van der Waals surface area contributed by atoms with Gasteiger partial charge in [-0.05, 0) is 31.5 Å². The van der Waals surface area contributed by atoms with Crippen LogP contribution < -0.4 is 5.56 Å². The fourth-order valence-corrected chi connectivity index (χ4v) is 1.92. The number of carboxylic acid groups (broad SMARTS) is 1. The number of hydrogen-bond donors (Lipinski definition) is 2. The van der Waals surface area contributed by atoms with Crippen LogP contribution in [0.5, 0.6) is 0 Å². The fourth-order valence-electron chi connectivity index (χ4n) is 1.92. The molecular weight excluding hydrogens is 282 g/mol. The standard InChI is InChI=1S/C14H12F2N2O3/c1-7-9(3-5-12(19)20)14(21)18-13(17-7)8-2-4-10(15)11(16)6-8/h2,4,6H,3,5H2,1H3,(H,19,20)(H,17,18,21). The molecule has 0 unspecified atom stereocenters. The lowest BCUT2D eigenvalue weighted by Crippen LogP contribution is -2.18. The van der Waals surface area contributed by atoms with Gasteiger partial charge in [0, 0.05) is 23.2 Å². The van der Waals surface area contributed by atoms with Gasteiger partial charge >= 0.3 is 5.97 Å². The summed E-state index contributed by atoms with van der Waals surface area (Å²) in [5, 5.41) is 8.64. The first kappa shape index (κ1) is 14.8. The lowest BCUT2D eigenvalue weighted by Gasteiger charge is -2.07. The van der Waals surface area contributed by atoms with Gasteiger partial charge in [-0.25, -0.2) is 13.8 Å². The van der Waals surface area contributed by atoms with Gasteiger partial charge in [0.1, 0.15) is 5.82 Å². The van der Waals surface area contributed by atoms with Crippen molar-refractivity contribution in [3.05, 3.63) is 51.4 Å². The molecule has 0 saturated heterocycles. The summed E-state index contributed by atoms with van der Waals surface area (Å²) in [6.45, 7) is 1.57. The summed E-state index contributed by atoms with van der Waals surface area (Å²) in [5.41, 5.74) is 0.380. The van der Waals surface area contributed by atoms with E-state index in [-0.39, 0.29) is 29.8 Å². The Morgan fingerprint density at radius 2 is 2.05 bits per heavy atom. The average molecular weight is 294 g/mol. The summed E-state index contributed by atoms with van der Waals surface area (Å²) >= 11 is 0. The fraction of sp³-hybridized carbons (Fsp3) is 0.214. The molecule has 0 amide bonds. The van der Waals surface area contributed by atoms with Crippen LogP contribution in [0.3, 0.4) is 0 Å². The number of aryl methyl sites for hydroxylation is 1. The van der Waals surface area contributed by atoms with Gasteiger partial charge in [-0.1, -0.05) is 0 Å². The second-order valence-corrected chi connectivity index (χ2v) is 4.50. The topological polar surface area (TPSA) is 83.0 Å². The highest BCUT2D eigenvalue weighted by atomic mass is 19.2. The number of carboxylic acids is 1. The van der Waals surface area contributed by atoms with Crippen LogP contribution in [-0.4, -0.2) is 21.0 Å². The Hall–Kier alpha value is -2.57. The summed E-state index contributed by atoms with van der Waals surface area (Å²) < 4.78 is 26.1. The normalized spacial score (nSPS) is 10.6. The second kappa shape index (κ2) is 5.82. The Bertz CT molecular complexity index is 756. The number of aromatic nitrogens is 2. The number of aliphatic carboxylic acids is 1. The van der Waals surface area contributed by atoms with E-state index >= 15 is 0 Å². The maximum Gasteiger partial charge on any atom is 0.303 e. The summed E-state index contributed by atoms with van der Waals surface area (Å²) in [6, 6.07) is 3.18. The minimum atomic E-state index is -1.04. The molecule has 2 aromatic rings. The molecule has 0 aliphatic rings. The van der Waals surface area contributed by atoms with Crippen molar-refractivity contribution in [1.82, 2.24) is 9.97 Å². The Kier molecular flexibility index (Phi) is 4.11. The third-order valence-corrected chi connectivity index (χ3v) is 3.00. The van der Waals surface area contributed by atoms with Gasteiger partial charge in [0.25, 0.3) is 5.56 Å². The predicted octanol–water partition coefficient (Wildman–Crippen LogP) is 2.04. The first-order chi connectivity index (χ1) is 9.88. The van der Waals surface area contributed by atoms with E-state index in [0.717, 1.165) is 12.1 Å². The molecular formula is C14H12F2N2O3. The maximum atomic E-state index is 13.2. The van der Waals surface area contributed by atoms with Crippen molar-refractivity contribution in [3.63, 3.8) is 0 Å². The number of nitrogens with one attached hydrogen (secondary N) is 1. The molecule has 1 aromatic heterocycles. The molecule has 2 rings (SSSR count). The lowest BCUT2D eigenvalue weighted by molar-refractivity contribution is -0.136. The number of rotatable bonds is 4. The third-order valence-electron chi connectivity index (χ3n) is 3.00. The SMILES string of the molecule is Cc1nc(-c2ccc(F)c(F)c2)[nH]c(=O)c1CCC(=O)O. The van der Waals surface area contributed by atoms with Crippen molar-refractivity contribution in [1.29, 1.82) is 0 Å². The summed E-state index contributed by atoms with van der Waals surface area (Å²) in [7, 11) is 0. The van der Waals surface area contributed by atoms with E-state index in [4.69, 9.17) is 5.11 Å². The van der Waals surface area contributed by atoms with E-state index < -0.39 is 23.2 Å². The van der Waals surface area contributed by atoms with Gasteiger partial charge in [0.15, 0.2) is 11.6 Å². The minimum Gasteiger partial charge on any atom is -0.481 e. The van der Waals surface area contributed by atoms with Crippen molar-refractivity contribution in [2.75, 3.05) is 0 Å². The quantitative estimate of drug-likeness (QED) is 0.904. The largest absolute Gasteiger partial charge is 0.481 e. The zero-order chi connectivity index (χ0) is 15.6. The van der Waals surface area contributed by atoms with Crippen molar-refractivity contribution in [3.8, 4) is 11.4 Å².